The number of ether oxygens (including phenoxy) is 1. The average molecular weight is 482 g/mol. The molecule has 2 aromatic carbocycles. The first kappa shape index (κ1) is 25.6. The topological polar surface area (TPSA) is 96.0 Å². The van der Waals surface area contributed by atoms with Gasteiger partial charge in [0.25, 0.3) is 5.91 Å². The van der Waals surface area contributed by atoms with Crippen LogP contribution in [0.4, 0.5) is 10.5 Å². The zero-order valence-corrected chi connectivity index (χ0v) is 20.5. The van der Waals surface area contributed by atoms with Gasteiger partial charge in [0.15, 0.2) is 0 Å². The summed E-state index contributed by atoms with van der Waals surface area (Å²) in [5.74, 6) is -0.491. The number of halogens is 1. The molecule has 174 valence electrons. The van der Waals surface area contributed by atoms with Crippen molar-refractivity contribution in [2.45, 2.75) is 37.8 Å². The van der Waals surface area contributed by atoms with Crippen LogP contribution in [0.25, 0.3) is 0 Å². The van der Waals surface area contributed by atoms with Gasteiger partial charge >= 0.3 is 6.09 Å². The Morgan fingerprint density at radius 3 is 2.31 bits per heavy atom. The minimum absolute atomic E-state index is 0.0300. The van der Waals surface area contributed by atoms with Gasteiger partial charge in [-0.3, -0.25) is 4.79 Å². The minimum Gasteiger partial charge on any atom is -0.444 e. The number of rotatable bonds is 6. The van der Waals surface area contributed by atoms with Crippen LogP contribution in [0.15, 0.2) is 47.4 Å². The van der Waals surface area contributed by atoms with E-state index in [2.05, 4.69) is 5.32 Å². The molecule has 0 heterocycles. The van der Waals surface area contributed by atoms with Gasteiger partial charge in [0.05, 0.1) is 5.02 Å². The summed E-state index contributed by atoms with van der Waals surface area (Å²) >= 11 is 6.04. The summed E-state index contributed by atoms with van der Waals surface area (Å²) < 4.78 is 31.3. The largest absolute Gasteiger partial charge is 0.444 e. The second-order valence-electron chi connectivity index (χ2n) is 8.42. The highest BCUT2D eigenvalue weighted by Crippen LogP contribution is 2.25. The Hall–Kier alpha value is -2.62. The van der Waals surface area contributed by atoms with Gasteiger partial charge < -0.3 is 15.0 Å². The predicted octanol–water partition coefficient (Wildman–Crippen LogP) is 4.21. The van der Waals surface area contributed by atoms with Crippen LogP contribution in [0.3, 0.4) is 0 Å². The maximum Gasteiger partial charge on any atom is 0.410 e. The zero-order chi connectivity index (χ0) is 24.3. The van der Waals surface area contributed by atoms with Gasteiger partial charge in [-0.15, -0.1) is 0 Å². The summed E-state index contributed by atoms with van der Waals surface area (Å²) in [7, 11) is 0.593. The molecule has 0 aromatic heterocycles. The first-order valence-corrected chi connectivity index (χ1v) is 11.6. The van der Waals surface area contributed by atoms with Gasteiger partial charge in [-0.2, -0.15) is 0 Å². The van der Waals surface area contributed by atoms with Crippen molar-refractivity contribution < 1.29 is 22.7 Å². The molecule has 2 amide bonds. The fraction of sp³-hybridized carbons (Fsp3) is 0.364. The molecule has 0 spiro atoms. The van der Waals surface area contributed by atoms with Crippen molar-refractivity contribution >= 4 is 39.3 Å². The Balaban J connectivity index is 2.18. The second kappa shape index (κ2) is 9.89. The normalized spacial score (nSPS) is 11.9. The van der Waals surface area contributed by atoms with E-state index in [0.29, 0.717) is 5.69 Å². The fourth-order valence-electron chi connectivity index (χ4n) is 2.67. The molecular weight excluding hydrogens is 454 g/mol. The van der Waals surface area contributed by atoms with Crippen LogP contribution in [0.2, 0.25) is 5.02 Å². The molecule has 0 fully saturated rings. The predicted molar refractivity (Wildman–Crippen MR) is 124 cm³/mol. The number of carbonyl (C=O) groups is 2. The average Bonchev–Trinajstić information content (AvgIpc) is 2.66. The first-order chi connectivity index (χ1) is 14.7. The molecular formula is C22H28ClN3O5S. The van der Waals surface area contributed by atoms with Crippen LogP contribution in [0.5, 0.6) is 0 Å². The van der Waals surface area contributed by atoms with Gasteiger partial charge in [-0.05, 0) is 56.7 Å². The fourth-order valence-corrected chi connectivity index (χ4v) is 4.06. The van der Waals surface area contributed by atoms with Crippen LogP contribution < -0.4 is 5.32 Å². The Bertz CT molecular complexity index is 1110. The molecule has 2 aromatic rings. The highest BCUT2D eigenvalue weighted by atomic mass is 35.5. The quantitative estimate of drug-likeness (QED) is 0.666. The molecule has 0 aliphatic carbocycles. The Labute approximate surface area is 194 Å². The Morgan fingerprint density at radius 2 is 1.72 bits per heavy atom. The summed E-state index contributed by atoms with van der Waals surface area (Å²) in [6.45, 7) is 5.66. The van der Waals surface area contributed by atoms with Crippen molar-refractivity contribution in [2.24, 2.45) is 0 Å². The van der Waals surface area contributed by atoms with Gasteiger partial charge in [0, 0.05) is 38.9 Å². The standard InChI is InChI=1S/C22H28ClN3O5S/c1-22(2,3)31-21(28)26(6)14-15-8-7-9-17(12-15)24-20(27)16-10-11-18(23)19(13-16)32(29,30)25(4)5/h7-13H,14H2,1-6H3,(H,24,27). The lowest BCUT2D eigenvalue weighted by Gasteiger charge is -2.24. The van der Waals surface area contributed by atoms with E-state index in [9.17, 15) is 18.0 Å². The van der Waals surface area contributed by atoms with Gasteiger partial charge in [0.2, 0.25) is 10.0 Å². The smallest absolute Gasteiger partial charge is 0.410 e. The van der Waals surface area contributed by atoms with E-state index in [1.54, 1.807) is 46.0 Å². The van der Waals surface area contributed by atoms with E-state index < -0.39 is 27.6 Å². The molecule has 8 nitrogen and oxygen atoms in total. The van der Waals surface area contributed by atoms with Crippen LogP contribution in [-0.4, -0.2) is 56.4 Å². The van der Waals surface area contributed by atoms with E-state index in [1.807, 2.05) is 6.07 Å². The number of benzene rings is 2. The van der Waals surface area contributed by atoms with E-state index >= 15 is 0 Å². The lowest BCUT2D eigenvalue weighted by Crippen LogP contribution is -2.33. The first-order valence-electron chi connectivity index (χ1n) is 9.77. The summed E-state index contributed by atoms with van der Waals surface area (Å²) in [4.78, 5) is 26.2. The third kappa shape index (κ3) is 6.69. The number of amides is 2. The monoisotopic (exact) mass is 481 g/mol. The highest BCUT2D eigenvalue weighted by molar-refractivity contribution is 7.89. The maximum absolute atomic E-state index is 12.7. The molecule has 32 heavy (non-hydrogen) atoms. The van der Waals surface area contributed by atoms with Crippen LogP contribution in [-0.2, 0) is 21.3 Å². The molecule has 0 radical (unpaired) electrons. The lowest BCUT2D eigenvalue weighted by molar-refractivity contribution is 0.0285. The van der Waals surface area contributed by atoms with Crippen LogP contribution in [0, 0.1) is 0 Å². The number of sulfonamides is 1. The number of carbonyl (C=O) groups excluding carboxylic acids is 2. The molecule has 0 atom stereocenters. The van der Waals surface area contributed by atoms with Crippen molar-refractivity contribution in [3.63, 3.8) is 0 Å². The lowest BCUT2D eigenvalue weighted by atomic mass is 10.1. The number of anilines is 1. The van der Waals surface area contributed by atoms with E-state index in [-0.39, 0.29) is 22.0 Å². The maximum atomic E-state index is 12.7. The van der Waals surface area contributed by atoms with Crippen molar-refractivity contribution in [3.8, 4) is 0 Å². The van der Waals surface area contributed by atoms with Crippen molar-refractivity contribution in [1.82, 2.24) is 9.21 Å². The highest BCUT2D eigenvalue weighted by Gasteiger charge is 2.23. The van der Waals surface area contributed by atoms with Gasteiger partial charge in [-0.25, -0.2) is 17.5 Å². The molecule has 10 heteroatoms. The van der Waals surface area contributed by atoms with Crippen molar-refractivity contribution in [1.29, 1.82) is 0 Å². The van der Waals surface area contributed by atoms with E-state index in [1.165, 1.54) is 37.2 Å². The summed E-state index contributed by atoms with van der Waals surface area (Å²) in [6.07, 6.45) is -0.456. The van der Waals surface area contributed by atoms with E-state index in [4.69, 9.17) is 16.3 Å². The third-order valence-corrected chi connectivity index (χ3v) is 6.56. The Morgan fingerprint density at radius 1 is 1.06 bits per heavy atom. The molecule has 0 aliphatic heterocycles. The van der Waals surface area contributed by atoms with E-state index in [0.717, 1.165) is 9.87 Å². The molecule has 1 N–H and O–H groups in total. The molecule has 0 saturated heterocycles. The van der Waals surface area contributed by atoms with Gasteiger partial charge in [-0.1, -0.05) is 23.7 Å². The third-order valence-electron chi connectivity index (χ3n) is 4.26. The summed E-state index contributed by atoms with van der Waals surface area (Å²) in [5.41, 5.74) is 0.824. The summed E-state index contributed by atoms with van der Waals surface area (Å²) in [5, 5.41) is 2.77. The molecule has 0 saturated carbocycles. The minimum atomic E-state index is -3.81. The second-order valence-corrected chi connectivity index (χ2v) is 11.0. The SMILES string of the molecule is CN(Cc1cccc(NC(=O)c2ccc(Cl)c(S(=O)(=O)N(C)C)c2)c1)C(=O)OC(C)(C)C. The van der Waals surface area contributed by atoms with Crippen LogP contribution >= 0.6 is 11.6 Å². The van der Waals surface area contributed by atoms with Crippen molar-refractivity contribution in [3.05, 3.63) is 58.6 Å². The van der Waals surface area contributed by atoms with Gasteiger partial charge in [0.1, 0.15) is 10.5 Å². The van der Waals surface area contributed by atoms with Crippen LogP contribution in [0.1, 0.15) is 36.7 Å². The number of nitrogens with zero attached hydrogens (tertiary/aromatic N) is 2. The molecule has 2 rings (SSSR count). The molecule has 0 unspecified atom stereocenters. The number of hydrogen-bond donors (Lipinski definition) is 1. The zero-order valence-electron chi connectivity index (χ0n) is 19.0. The Kier molecular flexibility index (Phi) is 7.92. The number of hydrogen-bond acceptors (Lipinski definition) is 5. The molecule has 0 aliphatic rings. The van der Waals surface area contributed by atoms with Crippen molar-refractivity contribution in [2.75, 3.05) is 26.5 Å². The number of nitrogens with one attached hydrogen (secondary N) is 1. The molecule has 0 bridgehead atoms. The summed E-state index contributed by atoms with van der Waals surface area (Å²) in [6, 6.07) is 11.1.